The second kappa shape index (κ2) is 12.5. The molecule has 11 heteroatoms. The second-order valence-corrected chi connectivity index (χ2v) is 11.5. The standard InChI is InChI=1S/C30H35Cl2N7O2/c1-4-10-33-29(40)21-14-24-26(16-25(21)39-12-8-18(2)9-13-39)38(3)27(36-24)15-20-22(31)6-5-19(28(20)32)17-34-30(41)23-7-11-35-37-23/h5-7,11,14,16,18H,4,8-10,12-13,15,17H2,1-3H3,(H,33,40)(H,34,41)(H,35,37). The Balaban J connectivity index is 1.46. The number of rotatable bonds is 9. The first-order chi connectivity index (χ1) is 19.8. The number of hydrogen-bond acceptors (Lipinski definition) is 5. The van der Waals surface area contributed by atoms with Crippen LogP contribution in [0, 0.1) is 5.92 Å². The molecule has 4 aromatic rings. The van der Waals surface area contributed by atoms with E-state index in [-0.39, 0.29) is 18.4 Å². The van der Waals surface area contributed by atoms with Gasteiger partial charge < -0.3 is 20.1 Å². The first kappa shape index (κ1) is 29.0. The van der Waals surface area contributed by atoms with Gasteiger partial charge in [-0.1, -0.05) is 43.1 Å². The van der Waals surface area contributed by atoms with Gasteiger partial charge in [-0.25, -0.2) is 4.98 Å². The number of aromatic amines is 1. The summed E-state index contributed by atoms with van der Waals surface area (Å²) in [6, 6.07) is 9.19. The number of halogens is 2. The number of piperidine rings is 1. The Hall–Kier alpha value is -3.56. The quantitative estimate of drug-likeness (QED) is 0.237. The van der Waals surface area contributed by atoms with Gasteiger partial charge in [0.1, 0.15) is 11.5 Å². The molecule has 1 aliphatic heterocycles. The number of H-pyrrole nitrogens is 1. The van der Waals surface area contributed by atoms with Gasteiger partial charge in [-0.15, -0.1) is 0 Å². The number of carbonyl (C=O) groups excluding carboxylic acids is 2. The summed E-state index contributed by atoms with van der Waals surface area (Å²) in [5.41, 5.74) is 5.12. The topological polar surface area (TPSA) is 108 Å². The molecular weight excluding hydrogens is 561 g/mol. The molecule has 2 aromatic heterocycles. The molecule has 0 atom stereocenters. The molecule has 0 radical (unpaired) electrons. The predicted octanol–water partition coefficient (Wildman–Crippen LogP) is 5.50. The zero-order valence-corrected chi connectivity index (χ0v) is 25.1. The van der Waals surface area contributed by atoms with Gasteiger partial charge in [-0.05, 0) is 60.6 Å². The van der Waals surface area contributed by atoms with Crippen LogP contribution in [0.25, 0.3) is 11.0 Å². The van der Waals surface area contributed by atoms with Crippen LogP contribution >= 0.6 is 23.2 Å². The van der Waals surface area contributed by atoms with Crippen LogP contribution in [0.2, 0.25) is 10.0 Å². The van der Waals surface area contributed by atoms with Crippen LogP contribution < -0.4 is 15.5 Å². The summed E-state index contributed by atoms with van der Waals surface area (Å²) in [5, 5.41) is 13.4. The van der Waals surface area contributed by atoms with Crippen molar-refractivity contribution in [2.45, 2.75) is 46.1 Å². The lowest BCUT2D eigenvalue weighted by Crippen LogP contribution is -2.35. The van der Waals surface area contributed by atoms with Crippen LogP contribution in [-0.4, -0.2) is 51.2 Å². The minimum atomic E-state index is -0.275. The van der Waals surface area contributed by atoms with Crippen LogP contribution in [0.4, 0.5) is 5.69 Å². The van der Waals surface area contributed by atoms with Gasteiger partial charge in [0.2, 0.25) is 0 Å². The highest BCUT2D eigenvalue weighted by atomic mass is 35.5. The molecule has 2 amide bonds. The van der Waals surface area contributed by atoms with Crippen molar-refractivity contribution in [2.75, 3.05) is 24.5 Å². The number of imidazole rings is 1. The van der Waals surface area contributed by atoms with E-state index in [1.807, 2.05) is 30.7 Å². The number of anilines is 1. The zero-order chi connectivity index (χ0) is 29.1. The molecule has 9 nitrogen and oxygen atoms in total. The summed E-state index contributed by atoms with van der Waals surface area (Å²) in [6.07, 6.45) is 4.97. The first-order valence-corrected chi connectivity index (χ1v) is 14.8. The van der Waals surface area contributed by atoms with E-state index in [0.717, 1.165) is 66.0 Å². The van der Waals surface area contributed by atoms with E-state index in [1.165, 1.54) is 6.20 Å². The normalized spacial score (nSPS) is 14.0. The maximum Gasteiger partial charge on any atom is 0.269 e. The van der Waals surface area contributed by atoms with E-state index in [1.54, 1.807) is 12.1 Å². The molecule has 1 saturated heterocycles. The molecule has 3 heterocycles. The van der Waals surface area contributed by atoms with Crippen molar-refractivity contribution < 1.29 is 9.59 Å². The average molecular weight is 597 g/mol. The van der Waals surface area contributed by atoms with Crippen LogP contribution in [0.3, 0.4) is 0 Å². The van der Waals surface area contributed by atoms with Gasteiger partial charge in [0, 0.05) is 50.9 Å². The summed E-state index contributed by atoms with van der Waals surface area (Å²) in [4.78, 5) is 32.8. The van der Waals surface area contributed by atoms with Gasteiger partial charge in [0.15, 0.2) is 0 Å². The third kappa shape index (κ3) is 6.21. The van der Waals surface area contributed by atoms with Crippen molar-refractivity contribution in [3.63, 3.8) is 0 Å². The van der Waals surface area contributed by atoms with E-state index in [4.69, 9.17) is 28.2 Å². The fraction of sp³-hybridized carbons (Fsp3) is 0.400. The number of carbonyl (C=O) groups is 2. The first-order valence-electron chi connectivity index (χ1n) is 14.0. The minimum absolute atomic E-state index is 0.0782. The molecular formula is C30H35Cl2N7O2. The number of hydrogen-bond donors (Lipinski definition) is 3. The third-order valence-corrected chi connectivity index (χ3v) is 8.61. The largest absolute Gasteiger partial charge is 0.371 e. The molecule has 0 unspecified atom stereocenters. The van der Waals surface area contributed by atoms with Gasteiger partial charge in [-0.3, -0.25) is 14.7 Å². The lowest BCUT2D eigenvalue weighted by atomic mass is 9.97. The average Bonchev–Trinajstić information content (AvgIpc) is 3.62. The monoisotopic (exact) mass is 595 g/mol. The maximum absolute atomic E-state index is 13.2. The predicted molar refractivity (Wildman–Crippen MR) is 163 cm³/mol. The molecule has 0 aliphatic carbocycles. The fourth-order valence-electron chi connectivity index (χ4n) is 5.22. The third-order valence-electron chi connectivity index (χ3n) is 7.78. The highest BCUT2D eigenvalue weighted by Crippen LogP contribution is 2.34. The van der Waals surface area contributed by atoms with Crippen molar-refractivity contribution in [1.29, 1.82) is 0 Å². The Morgan fingerprint density at radius 2 is 1.88 bits per heavy atom. The molecule has 5 rings (SSSR count). The second-order valence-electron chi connectivity index (χ2n) is 10.7. The van der Waals surface area contributed by atoms with E-state index >= 15 is 0 Å². The smallest absolute Gasteiger partial charge is 0.269 e. The SMILES string of the molecule is CCCNC(=O)c1cc2nc(Cc3c(Cl)ccc(CNC(=O)c4ccn[nH]4)c3Cl)n(C)c2cc1N1CCC(C)CC1. The Labute approximate surface area is 249 Å². The van der Waals surface area contributed by atoms with Crippen LogP contribution in [0.15, 0.2) is 36.5 Å². The molecule has 3 N–H and O–H groups in total. The molecule has 216 valence electrons. The highest BCUT2D eigenvalue weighted by molar-refractivity contribution is 6.36. The van der Waals surface area contributed by atoms with Crippen LogP contribution in [-0.2, 0) is 20.0 Å². The van der Waals surface area contributed by atoms with Gasteiger partial charge in [0.25, 0.3) is 11.8 Å². The van der Waals surface area contributed by atoms with E-state index in [2.05, 4.69) is 38.7 Å². The number of aromatic nitrogens is 4. The molecule has 41 heavy (non-hydrogen) atoms. The lowest BCUT2D eigenvalue weighted by molar-refractivity contribution is 0.0941. The number of benzene rings is 2. The molecule has 1 aliphatic rings. The van der Waals surface area contributed by atoms with Gasteiger partial charge in [0.05, 0.1) is 27.3 Å². The maximum atomic E-state index is 13.2. The van der Waals surface area contributed by atoms with E-state index in [9.17, 15) is 9.59 Å². The summed E-state index contributed by atoms with van der Waals surface area (Å²) < 4.78 is 2.04. The van der Waals surface area contributed by atoms with Crippen LogP contribution in [0.5, 0.6) is 0 Å². The number of fused-ring (bicyclic) bond motifs is 1. The summed E-state index contributed by atoms with van der Waals surface area (Å²) in [6.45, 7) is 7.01. The number of nitrogens with zero attached hydrogens (tertiary/aromatic N) is 4. The number of amides is 2. The summed E-state index contributed by atoms with van der Waals surface area (Å²) in [7, 11) is 1.97. The fourth-order valence-corrected chi connectivity index (χ4v) is 5.79. The Morgan fingerprint density at radius 1 is 1.10 bits per heavy atom. The summed E-state index contributed by atoms with van der Waals surface area (Å²) in [5.74, 6) is 1.10. The molecule has 2 aromatic carbocycles. The van der Waals surface area contributed by atoms with E-state index in [0.29, 0.717) is 40.2 Å². The number of nitrogens with one attached hydrogen (secondary N) is 3. The van der Waals surface area contributed by atoms with E-state index < -0.39 is 0 Å². The molecule has 0 saturated carbocycles. The highest BCUT2D eigenvalue weighted by Gasteiger charge is 2.24. The van der Waals surface area contributed by atoms with Crippen molar-refractivity contribution in [3.05, 3.63) is 74.8 Å². The Kier molecular flexibility index (Phi) is 8.85. The van der Waals surface area contributed by atoms with Crippen molar-refractivity contribution in [2.24, 2.45) is 13.0 Å². The minimum Gasteiger partial charge on any atom is -0.371 e. The molecule has 1 fully saturated rings. The van der Waals surface area contributed by atoms with Gasteiger partial charge >= 0.3 is 0 Å². The van der Waals surface area contributed by atoms with Crippen molar-refractivity contribution >= 4 is 51.7 Å². The lowest BCUT2D eigenvalue weighted by Gasteiger charge is -2.33. The van der Waals surface area contributed by atoms with Crippen molar-refractivity contribution in [3.8, 4) is 0 Å². The summed E-state index contributed by atoms with van der Waals surface area (Å²) >= 11 is 13.4. The van der Waals surface area contributed by atoms with Gasteiger partial charge in [-0.2, -0.15) is 5.10 Å². The number of aryl methyl sites for hydroxylation is 1. The Morgan fingerprint density at radius 3 is 2.59 bits per heavy atom. The molecule has 0 spiro atoms. The zero-order valence-electron chi connectivity index (χ0n) is 23.6. The van der Waals surface area contributed by atoms with Crippen molar-refractivity contribution in [1.82, 2.24) is 30.4 Å². The Bertz CT molecular complexity index is 1560. The van der Waals surface area contributed by atoms with Crippen LogP contribution in [0.1, 0.15) is 70.9 Å². The molecule has 0 bridgehead atoms.